The zero-order valence-electron chi connectivity index (χ0n) is 11.1. The van der Waals surface area contributed by atoms with Crippen LogP contribution in [0.5, 0.6) is 0 Å². The number of unbranched alkanes of at least 4 members (excludes halogenated alkanes) is 1. The Labute approximate surface area is 118 Å². The van der Waals surface area contributed by atoms with Gasteiger partial charge in [0.25, 0.3) is 5.91 Å². The number of carbonyl (C=O) groups excluding carboxylic acids is 1. The normalized spacial score (nSPS) is 9.58. The number of benzene rings is 1. The average molecular weight is 277 g/mol. The SMILES string of the molecule is CSCCCCNC(=O)c1cccc(C#CCO)c1. The summed E-state index contributed by atoms with van der Waals surface area (Å²) in [5, 5.41) is 11.5. The van der Waals surface area contributed by atoms with Crippen molar-refractivity contribution in [2.45, 2.75) is 12.8 Å². The fraction of sp³-hybridized carbons (Fsp3) is 0.400. The molecule has 0 fully saturated rings. The van der Waals surface area contributed by atoms with Crippen LogP contribution in [0.15, 0.2) is 24.3 Å². The Hall–Kier alpha value is -1.44. The van der Waals surface area contributed by atoms with E-state index >= 15 is 0 Å². The number of thioether (sulfide) groups is 1. The molecule has 0 aliphatic heterocycles. The van der Waals surface area contributed by atoms with Crippen LogP contribution in [0.1, 0.15) is 28.8 Å². The van der Waals surface area contributed by atoms with Gasteiger partial charge in [-0.15, -0.1) is 0 Å². The molecule has 0 radical (unpaired) electrons. The molecular weight excluding hydrogens is 258 g/mol. The van der Waals surface area contributed by atoms with Crippen molar-refractivity contribution in [2.75, 3.05) is 25.2 Å². The Balaban J connectivity index is 2.48. The second kappa shape index (κ2) is 9.48. The highest BCUT2D eigenvalue weighted by molar-refractivity contribution is 7.98. The molecule has 1 rings (SSSR count). The second-order valence-corrected chi connectivity index (χ2v) is 4.98. The first kappa shape index (κ1) is 15.6. The molecule has 0 heterocycles. The Morgan fingerprint density at radius 3 is 3.00 bits per heavy atom. The molecule has 0 saturated carbocycles. The summed E-state index contributed by atoms with van der Waals surface area (Å²) >= 11 is 1.82. The van der Waals surface area contributed by atoms with Gasteiger partial charge in [-0.3, -0.25) is 4.79 Å². The fourth-order valence-electron chi connectivity index (χ4n) is 1.56. The minimum Gasteiger partial charge on any atom is -0.384 e. The third-order valence-corrected chi connectivity index (χ3v) is 3.19. The summed E-state index contributed by atoms with van der Waals surface area (Å²) < 4.78 is 0. The van der Waals surface area contributed by atoms with Crippen LogP contribution in [0, 0.1) is 11.8 Å². The lowest BCUT2D eigenvalue weighted by Crippen LogP contribution is -2.24. The lowest BCUT2D eigenvalue weighted by Gasteiger charge is -2.05. The number of nitrogens with one attached hydrogen (secondary N) is 1. The van der Waals surface area contributed by atoms with Gasteiger partial charge in [-0.25, -0.2) is 0 Å². The van der Waals surface area contributed by atoms with Crippen molar-refractivity contribution >= 4 is 17.7 Å². The van der Waals surface area contributed by atoms with E-state index in [4.69, 9.17) is 5.11 Å². The third-order valence-electron chi connectivity index (χ3n) is 2.50. The largest absolute Gasteiger partial charge is 0.384 e. The molecule has 1 amide bonds. The van der Waals surface area contributed by atoms with E-state index < -0.39 is 0 Å². The average Bonchev–Trinajstić information content (AvgIpc) is 2.45. The quantitative estimate of drug-likeness (QED) is 0.617. The molecule has 0 saturated heterocycles. The molecule has 4 heteroatoms. The highest BCUT2D eigenvalue weighted by Gasteiger charge is 2.04. The van der Waals surface area contributed by atoms with Crippen molar-refractivity contribution in [3.63, 3.8) is 0 Å². The lowest BCUT2D eigenvalue weighted by molar-refractivity contribution is 0.0953. The molecule has 0 aliphatic rings. The highest BCUT2D eigenvalue weighted by Crippen LogP contribution is 2.04. The minimum absolute atomic E-state index is 0.0724. The standard InChI is InChI=1S/C15H19NO2S/c1-19-11-3-2-9-16-15(18)14-8-4-6-13(12-14)7-5-10-17/h4,6,8,12,17H,2-3,9-11H2,1H3,(H,16,18). The highest BCUT2D eigenvalue weighted by atomic mass is 32.2. The van der Waals surface area contributed by atoms with E-state index in [0.717, 1.165) is 24.2 Å². The maximum atomic E-state index is 11.9. The van der Waals surface area contributed by atoms with E-state index in [1.807, 2.05) is 17.8 Å². The maximum absolute atomic E-state index is 11.9. The molecule has 3 nitrogen and oxygen atoms in total. The molecule has 1 aromatic carbocycles. The molecule has 0 spiro atoms. The van der Waals surface area contributed by atoms with E-state index in [1.54, 1.807) is 18.2 Å². The first-order chi connectivity index (χ1) is 9.27. The van der Waals surface area contributed by atoms with Crippen LogP contribution in [0.3, 0.4) is 0 Å². The predicted octanol–water partition coefficient (Wildman–Crippen LogP) is 1.90. The van der Waals surface area contributed by atoms with Gasteiger partial charge in [0, 0.05) is 17.7 Å². The van der Waals surface area contributed by atoms with Gasteiger partial charge in [0.05, 0.1) is 0 Å². The number of hydrogen-bond acceptors (Lipinski definition) is 3. The number of aliphatic hydroxyl groups excluding tert-OH is 1. The van der Waals surface area contributed by atoms with Gasteiger partial charge in [0.1, 0.15) is 6.61 Å². The third kappa shape index (κ3) is 6.32. The second-order valence-electron chi connectivity index (χ2n) is 4.00. The van der Waals surface area contributed by atoms with Gasteiger partial charge in [-0.2, -0.15) is 11.8 Å². The zero-order chi connectivity index (χ0) is 13.9. The number of amides is 1. The van der Waals surface area contributed by atoms with Crippen LogP contribution < -0.4 is 5.32 Å². The Kier molecular flexibility index (Phi) is 7.80. The number of rotatable bonds is 6. The van der Waals surface area contributed by atoms with Gasteiger partial charge in [-0.1, -0.05) is 17.9 Å². The summed E-state index contributed by atoms with van der Waals surface area (Å²) in [5.74, 6) is 6.41. The van der Waals surface area contributed by atoms with Crippen LogP contribution in [0.4, 0.5) is 0 Å². The van der Waals surface area contributed by atoms with Crippen molar-refractivity contribution < 1.29 is 9.90 Å². The summed E-state index contributed by atoms with van der Waals surface area (Å²) in [5.41, 5.74) is 1.35. The van der Waals surface area contributed by atoms with Crippen LogP contribution in [0.25, 0.3) is 0 Å². The number of aliphatic hydroxyl groups is 1. The molecule has 0 aliphatic carbocycles. The maximum Gasteiger partial charge on any atom is 0.251 e. The Morgan fingerprint density at radius 2 is 2.26 bits per heavy atom. The first-order valence-corrected chi connectivity index (χ1v) is 7.64. The predicted molar refractivity (Wildman–Crippen MR) is 80.4 cm³/mol. The van der Waals surface area contributed by atoms with Gasteiger partial charge in [0.2, 0.25) is 0 Å². The van der Waals surface area contributed by atoms with Crippen LogP contribution in [0.2, 0.25) is 0 Å². The summed E-state index contributed by atoms with van der Waals surface area (Å²) in [6, 6.07) is 7.11. The van der Waals surface area contributed by atoms with Gasteiger partial charge in [-0.05, 0) is 43.0 Å². The van der Waals surface area contributed by atoms with Gasteiger partial charge >= 0.3 is 0 Å². The summed E-state index contributed by atoms with van der Waals surface area (Å²) in [4.78, 5) is 11.9. The molecule has 0 aromatic heterocycles. The van der Waals surface area contributed by atoms with Crippen LogP contribution in [-0.2, 0) is 0 Å². The monoisotopic (exact) mass is 277 g/mol. The van der Waals surface area contributed by atoms with E-state index in [1.165, 1.54) is 0 Å². The summed E-state index contributed by atoms with van der Waals surface area (Å²) in [6.07, 6.45) is 4.19. The molecule has 0 bridgehead atoms. The van der Waals surface area contributed by atoms with Crippen LogP contribution in [-0.4, -0.2) is 36.2 Å². The molecule has 19 heavy (non-hydrogen) atoms. The molecular formula is C15H19NO2S. The minimum atomic E-state index is -0.175. The Bertz CT molecular complexity index is 463. The van der Waals surface area contributed by atoms with Crippen molar-refractivity contribution in [2.24, 2.45) is 0 Å². The lowest BCUT2D eigenvalue weighted by atomic mass is 10.1. The topological polar surface area (TPSA) is 49.3 Å². The molecule has 0 unspecified atom stereocenters. The summed E-state index contributed by atoms with van der Waals surface area (Å²) in [7, 11) is 0. The van der Waals surface area contributed by atoms with E-state index in [9.17, 15) is 4.79 Å². The van der Waals surface area contributed by atoms with Gasteiger partial charge < -0.3 is 10.4 Å². The van der Waals surface area contributed by atoms with E-state index in [0.29, 0.717) is 12.1 Å². The smallest absolute Gasteiger partial charge is 0.251 e. The van der Waals surface area contributed by atoms with Crippen molar-refractivity contribution in [3.8, 4) is 11.8 Å². The molecule has 1 aromatic rings. The van der Waals surface area contributed by atoms with Crippen molar-refractivity contribution in [3.05, 3.63) is 35.4 Å². The summed E-state index contributed by atoms with van der Waals surface area (Å²) in [6.45, 7) is 0.526. The van der Waals surface area contributed by atoms with E-state index in [-0.39, 0.29) is 12.5 Å². The fourth-order valence-corrected chi connectivity index (χ4v) is 2.05. The molecule has 2 N–H and O–H groups in total. The molecule has 0 atom stereocenters. The first-order valence-electron chi connectivity index (χ1n) is 6.25. The van der Waals surface area contributed by atoms with Crippen molar-refractivity contribution in [1.82, 2.24) is 5.32 Å². The van der Waals surface area contributed by atoms with Crippen LogP contribution >= 0.6 is 11.8 Å². The number of hydrogen-bond donors (Lipinski definition) is 2. The van der Waals surface area contributed by atoms with Crippen molar-refractivity contribution in [1.29, 1.82) is 0 Å². The number of carbonyl (C=O) groups is 1. The molecule has 102 valence electrons. The Morgan fingerprint density at radius 1 is 1.42 bits per heavy atom. The van der Waals surface area contributed by atoms with E-state index in [2.05, 4.69) is 23.4 Å². The zero-order valence-corrected chi connectivity index (χ0v) is 11.9. The van der Waals surface area contributed by atoms with Gasteiger partial charge in [0.15, 0.2) is 0 Å².